The van der Waals surface area contributed by atoms with Gasteiger partial charge in [0.25, 0.3) is 0 Å². The van der Waals surface area contributed by atoms with Crippen LogP contribution in [0.2, 0.25) is 0 Å². The molecule has 0 aromatic carbocycles. The first-order valence-corrected chi connectivity index (χ1v) is 16.6. The maximum absolute atomic E-state index is 14.0. The number of ketones is 1. The molecule has 2 aliphatic heterocycles. The van der Waals surface area contributed by atoms with Gasteiger partial charge < -0.3 is 44.8 Å². The van der Waals surface area contributed by atoms with Crippen LogP contribution in [0.25, 0.3) is 0 Å². The van der Waals surface area contributed by atoms with Gasteiger partial charge in [-0.25, -0.2) is 4.79 Å². The van der Waals surface area contributed by atoms with Gasteiger partial charge in [-0.15, -0.1) is 0 Å². The Labute approximate surface area is 264 Å². The van der Waals surface area contributed by atoms with Gasteiger partial charge in [-0.05, 0) is 88.4 Å². The highest BCUT2D eigenvalue weighted by molar-refractivity contribution is 5.91. The van der Waals surface area contributed by atoms with Gasteiger partial charge in [0, 0.05) is 12.8 Å². The zero-order valence-electron chi connectivity index (χ0n) is 26.7. The van der Waals surface area contributed by atoms with Gasteiger partial charge in [0.1, 0.15) is 41.9 Å². The molecule has 0 bridgehead atoms. The Kier molecular flexibility index (Phi) is 8.69. The molecular weight excluding hydrogens is 584 g/mol. The van der Waals surface area contributed by atoms with Crippen molar-refractivity contribution in [2.45, 2.75) is 128 Å². The lowest BCUT2D eigenvalue weighted by molar-refractivity contribution is -0.311. The number of aliphatic hydroxyl groups is 6. The van der Waals surface area contributed by atoms with Crippen LogP contribution < -0.4 is 0 Å². The number of allylic oxidation sites excluding steroid dienone is 1. The van der Waals surface area contributed by atoms with Crippen LogP contribution in [-0.2, 0) is 23.8 Å². The molecule has 0 spiro atoms. The molecule has 6 rings (SSSR count). The van der Waals surface area contributed by atoms with Crippen LogP contribution in [0.1, 0.15) is 79.1 Å². The van der Waals surface area contributed by atoms with Crippen LogP contribution in [0.15, 0.2) is 22.8 Å². The van der Waals surface area contributed by atoms with Crippen molar-refractivity contribution in [3.05, 3.63) is 22.8 Å². The van der Waals surface area contributed by atoms with Crippen LogP contribution in [0, 0.1) is 34.5 Å². The zero-order chi connectivity index (χ0) is 32.6. The van der Waals surface area contributed by atoms with Crippen LogP contribution in [-0.4, -0.2) is 104 Å². The smallest absolute Gasteiger partial charge is 0.336 e. The molecule has 6 aliphatic rings. The van der Waals surface area contributed by atoms with Crippen molar-refractivity contribution >= 4 is 11.8 Å². The number of rotatable bonds is 6. The first kappa shape index (κ1) is 33.2. The van der Waals surface area contributed by atoms with E-state index >= 15 is 0 Å². The molecule has 0 aromatic heterocycles. The van der Waals surface area contributed by atoms with Crippen LogP contribution >= 0.6 is 0 Å². The number of hydrogen-bond acceptors (Lipinski definition) is 11. The van der Waals surface area contributed by atoms with Crippen molar-refractivity contribution in [3.63, 3.8) is 0 Å². The highest BCUT2D eigenvalue weighted by Crippen LogP contribution is 2.67. The monoisotopic (exact) mass is 634 g/mol. The number of carbonyl (C=O) groups is 2. The van der Waals surface area contributed by atoms with E-state index < -0.39 is 66.5 Å². The van der Waals surface area contributed by atoms with Gasteiger partial charge in [0.15, 0.2) is 6.29 Å². The molecule has 0 amide bonds. The number of cyclic esters (lactones) is 1. The van der Waals surface area contributed by atoms with E-state index in [2.05, 4.69) is 19.9 Å². The first-order valence-electron chi connectivity index (χ1n) is 16.6. The zero-order valence-corrected chi connectivity index (χ0v) is 26.7. The van der Waals surface area contributed by atoms with Crippen molar-refractivity contribution in [2.24, 2.45) is 34.5 Å². The fraction of sp³-hybridized carbons (Fsp3) is 0.824. The minimum atomic E-state index is -1.55. The van der Waals surface area contributed by atoms with E-state index in [4.69, 9.17) is 14.2 Å². The van der Waals surface area contributed by atoms with Gasteiger partial charge in [-0.2, -0.15) is 0 Å². The van der Waals surface area contributed by atoms with Gasteiger partial charge in [0.05, 0.1) is 30.3 Å². The molecule has 11 nitrogen and oxygen atoms in total. The molecule has 4 aliphatic carbocycles. The number of hydrogen-bond donors (Lipinski definition) is 6. The Hall–Kier alpha value is -1.70. The van der Waals surface area contributed by atoms with E-state index in [1.807, 2.05) is 6.92 Å². The highest BCUT2D eigenvalue weighted by atomic mass is 16.7. The summed E-state index contributed by atoms with van der Waals surface area (Å²) in [6.07, 6.45) is -0.762. The number of aliphatic hydroxyl groups excluding tert-OH is 5. The van der Waals surface area contributed by atoms with Gasteiger partial charge >= 0.3 is 5.97 Å². The summed E-state index contributed by atoms with van der Waals surface area (Å²) >= 11 is 0. The van der Waals surface area contributed by atoms with Gasteiger partial charge in [-0.3, -0.25) is 4.79 Å². The standard InChI is InChI=1S/C34H50O11/c1-16-11-26(45-30(41)20(16)14-35)34(4,42)24-8-7-21-19-6-5-17-12-18(43-31-29(40)28(39)27(38)23(15-36)44-31)13-25(37)33(17,3)22(19)9-10-32(21,24)2/h5,18-19,21-24,26-29,31,35-36,38-40,42H,6-15H2,1-4H3. The predicted octanol–water partition coefficient (Wildman–Crippen LogP) is 1.30. The normalized spacial score (nSPS) is 48.1. The number of ether oxygens (including phenoxy) is 3. The first-order chi connectivity index (χ1) is 21.2. The van der Waals surface area contributed by atoms with E-state index in [0.29, 0.717) is 18.8 Å². The average molecular weight is 635 g/mol. The molecule has 1 saturated heterocycles. The molecule has 14 atom stereocenters. The Morgan fingerprint density at radius 3 is 2.40 bits per heavy atom. The van der Waals surface area contributed by atoms with Crippen LogP contribution in [0.4, 0.5) is 0 Å². The average Bonchev–Trinajstić information content (AvgIpc) is 3.36. The molecule has 2 heterocycles. The number of fused-ring (bicyclic) bond motifs is 5. The molecule has 3 saturated carbocycles. The molecule has 14 unspecified atom stereocenters. The Morgan fingerprint density at radius 2 is 1.73 bits per heavy atom. The van der Waals surface area contributed by atoms with E-state index in [1.165, 1.54) is 0 Å². The third-order valence-corrected chi connectivity index (χ3v) is 13.1. The minimum absolute atomic E-state index is 0.0745. The second-order valence-corrected chi connectivity index (χ2v) is 15.2. The fourth-order valence-corrected chi connectivity index (χ4v) is 10.5. The summed E-state index contributed by atoms with van der Waals surface area (Å²) < 4.78 is 17.3. The van der Waals surface area contributed by atoms with Crippen LogP contribution in [0.3, 0.4) is 0 Å². The summed E-state index contributed by atoms with van der Waals surface area (Å²) in [6, 6.07) is 0. The van der Waals surface area contributed by atoms with Crippen molar-refractivity contribution in [1.82, 2.24) is 0 Å². The maximum Gasteiger partial charge on any atom is 0.336 e. The van der Waals surface area contributed by atoms with E-state index in [0.717, 1.165) is 43.3 Å². The second kappa shape index (κ2) is 11.8. The lowest BCUT2D eigenvalue weighted by atomic mass is 9.46. The van der Waals surface area contributed by atoms with Crippen molar-refractivity contribution in [2.75, 3.05) is 13.2 Å². The summed E-state index contributed by atoms with van der Waals surface area (Å²) in [7, 11) is 0. The highest BCUT2D eigenvalue weighted by Gasteiger charge is 2.64. The Balaban J connectivity index is 1.19. The summed E-state index contributed by atoms with van der Waals surface area (Å²) in [5.41, 5.74) is -0.0413. The Bertz CT molecular complexity index is 1260. The third kappa shape index (κ3) is 5.08. The molecular formula is C34H50O11. The number of carbonyl (C=O) groups excluding carboxylic acids is 2. The summed E-state index contributed by atoms with van der Waals surface area (Å²) in [5, 5.41) is 62.0. The maximum atomic E-state index is 14.0. The number of esters is 1. The third-order valence-electron chi connectivity index (χ3n) is 13.1. The van der Waals surface area contributed by atoms with Crippen molar-refractivity contribution in [3.8, 4) is 0 Å². The van der Waals surface area contributed by atoms with E-state index in [1.54, 1.807) is 6.92 Å². The summed E-state index contributed by atoms with van der Waals surface area (Å²) in [5.74, 6) is 0.130. The molecule has 0 aromatic rings. The summed E-state index contributed by atoms with van der Waals surface area (Å²) in [6.45, 7) is 7.01. The van der Waals surface area contributed by atoms with Crippen molar-refractivity contribution in [1.29, 1.82) is 0 Å². The number of Topliss-reactive ketones (excluding diaryl/α,β-unsaturated/α-hetero) is 1. The second-order valence-electron chi connectivity index (χ2n) is 15.2. The predicted molar refractivity (Wildman–Crippen MR) is 159 cm³/mol. The lowest BCUT2D eigenvalue weighted by Crippen LogP contribution is -2.60. The molecule has 45 heavy (non-hydrogen) atoms. The Morgan fingerprint density at radius 1 is 1.00 bits per heavy atom. The van der Waals surface area contributed by atoms with Crippen molar-refractivity contribution < 1.29 is 54.4 Å². The van der Waals surface area contributed by atoms with Gasteiger partial charge in [0.2, 0.25) is 0 Å². The van der Waals surface area contributed by atoms with E-state index in [-0.39, 0.29) is 47.6 Å². The quantitative estimate of drug-likeness (QED) is 0.183. The SMILES string of the molecule is CC1=C(CO)C(=O)OC(C(C)(O)C2CCC3C4CC=C5CC(OC6OC(CO)C(O)C(O)C6O)CC(=O)C5(C)C4CCC32C)C1. The molecule has 11 heteroatoms. The molecule has 0 radical (unpaired) electrons. The summed E-state index contributed by atoms with van der Waals surface area (Å²) in [4.78, 5) is 26.6. The topological polar surface area (TPSA) is 183 Å². The minimum Gasteiger partial charge on any atom is -0.456 e. The molecule has 252 valence electrons. The molecule has 6 N–H and O–H groups in total. The van der Waals surface area contributed by atoms with E-state index in [9.17, 15) is 40.2 Å². The lowest BCUT2D eigenvalue weighted by Gasteiger charge is -2.58. The largest absolute Gasteiger partial charge is 0.456 e. The van der Waals surface area contributed by atoms with Gasteiger partial charge in [-0.1, -0.05) is 24.1 Å². The molecule has 4 fully saturated rings. The fourth-order valence-electron chi connectivity index (χ4n) is 10.5. The van der Waals surface area contributed by atoms with Crippen LogP contribution in [0.5, 0.6) is 0 Å².